The lowest BCUT2D eigenvalue weighted by molar-refractivity contribution is -0.137. The average Bonchev–Trinajstić information content (AvgIpc) is 2.89. The number of benzene rings is 1. The van der Waals surface area contributed by atoms with Gasteiger partial charge in [0.05, 0.1) is 11.6 Å². The molecule has 0 bridgehead atoms. The molecule has 3 aromatic rings. The number of anilines is 3. The van der Waals surface area contributed by atoms with Crippen LogP contribution in [0.15, 0.2) is 42.6 Å². The van der Waals surface area contributed by atoms with Crippen molar-refractivity contribution in [3.05, 3.63) is 53.7 Å². The fraction of sp³-hybridized carbons (Fsp3) is 0.417. The molecule has 7 nitrogen and oxygen atoms in total. The molecule has 1 aliphatic rings. The smallest absolute Gasteiger partial charge is 0.353 e. The van der Waals surface area contributed by atoms with Crippen LogP contribution in [0.1, 0.15) is 25.0 Å². The Morgan fingerprint density at radius 2 is 1.71 bits per heavy atom. The lowest BCUT2D eigenvalue weighted by Gasteiger charge is -2.36. The first kappa shape index (κ1) is 25.0. The van der Waals surface area contributed by atoms with Gasteiger partial charge in [0, 0.05) is 44.5 Å². The van der Waals surface area contributed by atoms with Gasteiger partial charge in [-0.05, 0) is 37.1 Å². The second kappa shape index (κ2) is 10.6. The summed E-state index contributed by atoms with van der Waals surface area (Å²) in [5, 5.41) is 0. The zero-order valence-electron chi connectivity index (χ0n) is 19.6. The van der Waals surface area contributed by atoms with Gasteiger partial charge in [-0.2, -0.15) is 28.1 Å². The van der Waals surface area contributed by atoms with Crippen molar-refractivity contribution in [3.8, 4) is 11.4 Å². The summed E-state index contributed by atoms with van der Waals surface area (Å²) in [5.41, 5.74) is 1.32. The largest absolute Gasteiger partial charge is 0.419 e. The third-order valence-electron chi connectivity index (χ3n) is 5.97. The number of halogens is 4. The summed E-state index contributed by atoms with van der Waals surface area (Å²) >= 11 is 6.13. The lowest BCUT2D eigenvalue weighted by atomic mass is 10.1. The van der Waals surface area contributed by atoms with Gasteiger partial charge in [-0.3, -0.25) is 0 Å². The predicted molar refractivity (Wildman–Crippen MR) is 132 cm³/mol. The van der Waals surface area contributed by atoms with Crippen LogP contribution >= 0.6 is 11.6 Å². The molecule has 0 aliphatic carbocycles. The van der Waals surface area contributed by atoms with Gasteiger partial charge in [0.25, 0.3) is 0 Å². The van der Waals surface area contributed by atoms with Gasteiger partial charge in [0.2, 0.25) is 11.9 Å². The number of alkyl halides is 4. The predicted octanol–water partition coefficient (Wildman–Crippen LogP) is 4.86. The topological polar surface area (TPSA) is 61.3 Å². The van der Waals surface area contributed by atoms with Crippen molar-refractivity contribution in [2.75, 3.05) is 53.4 Å². The van der Waals surface area contributed by atoms with Crippen LogP contribution in [0.3, 0.4) is 0 Å². The van der Waals surface area contributed by atoms with Gasteiger partial charge in [-0.25, -0.2) is 4.98 Å². The number of pyridine rings is 1. The minimum Gasteiger partial charge on any atom is -0.353 e. The number of aryl methyl sites for hydroxylation is 1. The summed E-state index contributed by atoms with van der Waals surface area (Å²) in [6, 6.07) is 10.6. The third-order valence-corrected chi connectivity index (χ3v) is 6.26. The molecule has 1 aromatic carbocycles. The zero-order chi connectivity index (χ0) is 25.0. The Bertz CT molecular complexity index is 1150. The van der Waals surface area contributed by atoms with Crippen molar-refractivity contribution in [1.29, 1.82) is 0 Å². The highest BCUT2D eigenvalue weighted by Gasteiger charge is 2.36. The molecule has 0 radical (unpaired) electrons. The number of aromatic nitrogens is 4. The fourth-order valence-electron chi connectivity index (χ4n) is 3.96. The molecule has 35 heavy (non-hydrogen) atoms. The maximum Gasteiger partial charge on any atom is 0.419 e. The molecule has 2 aromatic heterocycles. The Labute approximate surface area is 207 Å². The van der Waals surface area contributed by atoms with Crippen LogP contribution < -0.4 is 14.7 Å². The molecule has 0 saturated carbocycles. The van der Waals surface area contributed by atoms with Gasteiger partial charge in [-0.15, -0.1) is 11.6 Å². The highest BCUT2D eigenvalue weighted by molar-refractivity contribution is 6.18. The molecule has 1 saturated heterocycles. The van der Waals surface area contributed by atoms with Crippen LogP contribution in [-0.4, -0.2) is 58.7 Å². The van der Waals surface area contributed by atoms with E-state index >= 15 is 0 Å². The first-order chi connectivity index (χ1) is 16.8. The van der Waals surface area contributed by atoms with E-state index in [1.165, 1.54) is 17.8 Å². The molecule has 1 fully saturated rings. The van der Waals surface area contributed by atoms with Gasteiger partial charge >= 0.3 is 6.18 Å². The summed E-state index contributed by atoms with van der Waals surface area (Å²) in [7, 11) is 0. The van der Waals surface area contributed by atoms with Crippen molar-refractivity contribution >= 4 is 29.3 Å². The molecular weight excluding hydrogens is 479 g/mol. The highest BCUT2D eigenvalue weighted by atomic mass is 35.5. The molecule has 11 heteroatoms. The van der Waals surface area contributed by atoms with Gasteiger partial charge < -0.3 is 14.7 Å². The van der Waals surface area contributed by atoms with E-state index in [1.807, 2.05) is 28.9 Å². The van der Waals surface area contributed by atoms with Crippen molar-refractivity contribution in [2.45, 2.75) is 26.4 Å². The van der Waals surface area contributed by atoms with Gasteiger partial charge in [0.1, 0.15) is 5.82 Å². The average molecular weight is 506 g/mol. The molecule has 3 heterocycles. The monoisotopic (exact) mass is 505 g/mol. The van der Waals surface area contributed by atoms with E-state index in [0.717, 1.165) is 18.1 Å². The second-order valence-corrected chi connectivity index (χ2v) is 8.37. The number of rotatable bonds is 7. The second-order valence-electron chi connectivity index (χ2n) is 8.13. The highest BCUT2D eigenvalue weighted by Crippen LogP contribution is 2.35. The van der Waals surface area contributed by atoms with E-state index in [9.17, 15) is 13.2 Å². The van der Waals surface area contributed by atoms with E-state index in [-0.39, 0.29) is 11.8 Å². The Balaban J connectivity index is 1.62. The van der Waals surface area contributed by atoms with Crippen LogP contribution in [-0.2, 0) is 12.6 Å². The molecule has 186 valence electrons. The maximum absolute atomic E-state index is 13.5. The van der Waals surface area contributed by atoms with Gasteiger partial charge in [-0.1, -0.05) is 25.1 Å². The van der Waals surface area contributed by atoms with Crippen molar-refractivity contribution in [2.24, 2.45) is 0 Å². The molecule has 1 aliphatic heterocycles. The van der Waals surface area contributed by atoms with Crippen LogP contribution in [0.25, 0.3) is 11.4 Å². The van der Waals surface area contributed by atoms with E-state index < -0.39 is 11.7 Å². The number of hydrogen-bond acceptors (Lipinski definition) is 7. The van der Waals surface area contributed by atoms with Crippen molar-refractivity contribution in [3.63, 3.8) is 0 Å². The normalized spacial score (nSPS) is 14.3. The summed E-state index contributed by atoms with van der Waals surface area (Å²) in [6.07, 6.45) is -2.19. The quantitative estimate of drug-likeness (QED) is 0.335. The first-order valence-electron chi connectivity index (χ1n) is 11.5. The van der Waals surface area contributed by atoms with Crippen molar-refractivity contribution < 1.29 is 13.2 Å². The number of hydrogen-bond donors (Lipinski definition) is 0. The molecule has 0 unspecified atom stereocenters. The minimum absolute atomic E-state index is 0.0487. The van der Waals surface area contributed by atoms with Crippen LogP contribution in [0.2, 0.25) is 0 Å². The molecule has 0 amide bonds. The van der Waals surface area contributed by atoms with E-state index in [4.69, 9.17) is 16.6 Å². The summed E-state index contributed by atoms with van der Waals surface area (Å²) in [6.45, 7) is 6.27. The van der Waals surface area contributed by atoms with E-state index in [1.54, 1.807) is 4.90 Å². The number of piperazine rings is 1. The zero-order valence-corrected chi connectivity index (χ0v) is 20.4. The minimum atomic E-state index is -4.46. The van der Waals surface area contributed by atoms with E-state index in [2.05, 4.69) is 34.0 Å². The Hall–Kier alpha value is -3.14. The number of nitrogens with zero attached hydrogens (tertiary/aromatic N) is 7. The van der Waals surface area contributed by atoms with Crippen LogP contribution in [0.5, 0.6) is 0 Å². The SMILES string of the molecule is CCc1cccc(-c2nc(N(CC)CCl)nc(N3CCN(c4ncccc4C(F)(F)F)CC3)n2)c1. The Morgan fingerprint density at radius 3 is 2.37 bits per heavy atom. The summed E-state index contributed by atoms with van der Waals surface area (Å²) < 4.78 is 40.4. The molecular formula is C24H27ClF3N7. The lowest BCUT2D eigenvalue weighted by Crippen LogP contribution is -2.48. The van der Waals surface area contributed by atoms with Gasteiger partial charge in [0.15, 0.2) is 5.82 Å². The molecule has 0 N–H and O–H groups in total. The third kappa shape index (κ3) is 5.58. The molecule has 0 spiro atoms. The van der Waals surface area contributed by atoms with Crippen molar-refractivity contribution in [1.82, 2.24) is 19.9 Å². The van der Waals surface area contributed by atoms with Crippen LogP contribution in [0.4, 0.5) is 30.9 Å². The Kier molecular flexibility index (Phi) is 7.59. The van der Waals surface area contributed by atoms with Crippen LogP contribution in [0, 0.1) is 0 Å². The standard InChI is InChI=1S/C24H27ClF3N7/c1-3-17-7-5-8-18(15-17)20-30-22(33(4-2)16-25)32-23(31-20)35-13-11-34(12-14-35)21-19(24(26,27)28)9-6-10-29-21/h5-10,15H,3-4,11-14,16H2,1-2H3. The summed E-state index contributed by atoms with van der Waals surface area (Å²) in [5.74, 6) is 1.44. The summed E-state index contributed by atoms with van der Waals surface area (Å²) in [4.78, 5) is 23.5. The molecule has 0 atom stereocenters. The Morgan fingerprint density at radius 1 is 0.971 bits per heavy atom. The fourth-order valence-corrected chi connectivity index (χ4v) is 4.24. The van der Waals surface area contributed by atoms with E-state index in [0.29, 0.717) is 50.4 Å². The maximum atomic E-state index is 13.5. The molecule has 4 rings (SSSR count). The first-order valence-corrected chi connectivity index (χ1v) is 12.1.